The summed E-state index contributed by atoms with van der Waals surface area (Å²) in [6, 6.07) is 7.44. The molecule has 0 radical (unpaired) electrons. The summed E-state index contributed by atoms with van der Waals surface area (Å²) in [6.45, 7) is 5.21. The van der Waals surface area contributed by atoms with E-state index in [-0.39, 0.29) is 12.7 Å². The second-order valence-corrected chi connectivity index (χ2v) is 4.32. The van der Waals surface area contributed by atoms with Gasteiger partial charge in [0.25, 0.3) is 0 Å². The predicted molar refractivity (Wildman–Crippen MR) is 69.9 cm³/mol. The van der Waals surface area contributed by atoms with E-state index in [1.54, 1.807) is 7.11 Å². The van der Waals surface area contributed by atoms with E-state index in [0.717, 1.165) is 11.3 Å². The van der Waals surface area contributed by atoms with Crippen molar-refractivity contribution < 1.29 is 19.3 Å². The summed E-state index contributed by atoms with van der Waals surface area (Å²) in [5.41, 5.74) is 0.797. The van der Waals surface area contributed by atoms with Gasteiger partial charge in [-0.25, -0.2) is 0 Å². The number of ether oxygens (including phenoxy) is 3. The minimum absolute atomic E-state index is 0.121. The molecular weight excluding hydrogens is 232 g/mol. The normalized spacial score (nSPS) is 12.7. The molecule has 1 aromatic rings. The zero-order valence-electron chi connectivity index (χ0n) is 11.3. The van der Waals surface area contributed by atoms with E-state index in [9.17, 15) is 5.11 Å². The van der Waals surface area contributed by atoms with Crippen LogP contribution in [0.1, 0.15) is 25.5 Å². The number of hydrogen-bond acceptors (Lipinski definition) is 4. The minimum atomic E-state index is -0.641. The largest absolute Gasteiger partial charge is 0.491 e. The highest BCUT2D eigenvalue weighted by Crippen LogP contribution is 2.20. The summed E-state index contributed by atoms with van der Waals surface area (Å²) in [5, 5.41) is 9.96. The van der Waals surface area contributed by atoms with E-state index in [1.165, 1.54) is 0 Å². The number of aliphatic hydroxyl groups is 1. The molecule has 0 saturated carbocycles. The Kier molecular flexibility index (Phi) is 6.72. The lowest BCUT2D eigenvalue weighted by atomic mass is 10.1. The average molecular weight is 254 g/mol. The van der Waals surface area contributed by atoms with Crippen LogP contribution >= 0.6 is 0 Å². The minimum Gasteiger partial charge on any atom is -0.491 e. The molecule has 4 nitrogen and oxygen atoms in total. The van der Waals surface area contributed by atoms with Gasteiger partial charge in [-0.15, -0.1) is 0 Å². The SMILES string of the molecule is COCCOCC(O)c1cccc(OC(C)C)c1. The lowest BCUT2D eigenvalue weighted by molar-refractivity contribution is 0.0125. The molecule has 0 aliphatic rings. The van der Waals surface area contributed by atoms with Crippen molar-refractivity contribution in [2.24, 2.45) is 0 Å². The van der Waals surface area contributed by atoms with E-state index in [2.05, 4.69) is 0 Å². The lowest BCUT2D eigenvalue weighted by Crippen LogP contribution is -2.11. The van der Waals surface area contributed by atoms with Crippen LogP contribution in [0.15, 0.2) is 24.3 Å². The quantitative estimate of drug-likeness (QED) is 0.722. The van der Waals surface area contributed by atoms with Gasteiger partial charge in [0.05, 0.1) is 25.9 Å². The van der Waals surface area contributed by atoms with Crippen molar-refractivity contribution >= 4 is 0 Å². The molecule has 0 aliphatic carbocycles. The molecule has 0 spiro atoms. The highest BCUT2D eigenvalue weighted by molar-refractivity contribution is 5.30. The van der Waals surface area contributed by atoms with E-state index in [0.29, 0.717) is 13.2 Å². The molecule has 0 aromatic heterocycles. The Balaban J connectivity index is 2.48. The van der Waals surface area contributed by atoms with Gasteiger partial charge in [0, 0.05) is 7.11 Å². The van der Waals surface area contributed by atoms with Crippen molar-refractivity contribution in [2.75, 3.05) is 26.9 Å². The first-order valence-electron chi connectivity index (χ1n) is 6.15. The number of hydrogen-bond donors (Lipinski definition) is 1. The molecule has 18 heavy (non-hydrogen) atoms. The van der Waals surface area contributed by atoms with Crippen molar-refractivity contribution in [2.45, 2.75) is 26.1 Å². The van der Waals surface area contributed by atoms with Gasteiger partial charge in [-0.3, -0.25) is 0 Å². The Bertz CT molecular complexity index is 338. The summed E-state index contributed by atoms with van der Waals surface area (Å²) in [6.07, 6.45) is -0.520. The Morgan fingerprint density at radius 1 is 1.22 bits per heavy atom. The number of benzene rings is 1. The molecule has 0 heterocycles. The van der Waals surface area contributed by atoms with E-state index >= 15 is 0 Å². The molecule has 0 fully saturated rings. The van der Waals surface area contributed by atoms with E-state index in [4.69, 9.17) is 14.2 Å². The van der Waals surface area contributed by atoms with Gasteiger partial charge in [-0.2, -0.15) is 0 Å². The molecule has 0 saturated heterocycles. The van der Waals surface area contributed by atoms with Crippen LogP contribution in [-0.2, 0) is 9.47 Å². The first-order chi connectivity index (χ1) is 8.63. The van der Waals surface area contributed by atoms with Crippen molar-refractivity contribution in [1.29, 1.82) is 0 Å². The van der Waals surface area contributed by atoms with Crippen molar-refractivity contribution in [3.05, 3.63) is 29.8 Å². The maximum atomic E-state index is 9.96. The van der Waals surface area contributed by atoms with E-state index < -0.39 is 6.10 Å². The first-order valence-corrected chi connectivity index (χ1v) is 6.15. The molecule has 1 N–H and O–H groups in total. The van der Waals surface area contributed by atoms with Crippen LogP contribution in [0.3, 0.4) is 0 Å². The smallest absolute Gasteiger partial charge is 0.120 e. The molecule has 0 bridgehead atoms. The summed E-state index contributed by atoms with van der Waals surface area (Å²) in [7, 11) is 1.62. The third kappa shape index (κ3) is 5.49. The molecule has 0 aliphatic heterocycles. The maximum Gasteiger partial charge on any atom is 0.120 e. The third-order valence-corrected chi connectivity index (χ3v) is 2.32. The zero-order chi connectivity index (χ0) is 13.4. The van der Waals surface area contributed by atoms with Gasteiger partial charge in [-0.1, -0.05) is 12.1 Å². The Morgan fingerprint density at radius 3 is 2.67 bits per heavy atom. The molecule has 1 rings (SSSR count). The topological polar surface area (TPSA) is 47.9 Å². The number of methoxy groups -OCH3 is 1. The second kappa shape index (κ2) is 8.08. The average Bonchev–Trinajstić information content (AvgIpc) is 2.34. The van der Waals surface area contributed by atoms with Crippen LogP contribution < -0.4 is 4.74 Å². The highest BCUT2D eigenvalue weighted by Gasteiger charge is 2.09. The fourth-order valence-corrected chi connectivity index (χ4v) is 1.50. The molecule has 1 aromatic carbocycles. The van der Waals surface area contributed by atoms with Crippen molar-refractivity contribution in [1.82, 2.24) is 0 Å². The Morgan fingerprint density at radius 2 is 2.00 bits per heavy atom. The monoisotopic (exact) mass is 254 g/mol. The van der Waals surface area contributed by atoms with Crippen molar-refractivity contribution in [3.63, 3.8) is 0 Å². The molecule has 1 atom stereocenters. The molecule has 1 unspecified atom stereocenters. The van der Waals surface area contributed by atoms with Gasteiger partial charge in [0.1, 0.15) is 11.9 Å². The molecule has 0 amide bonds. The van der Waals surface area contributed by atoms with Gasteiger partial charge < -0.3 is 19.3 Å². The highest BCUT2D eigenvalue weighted by atomic mass is 16.5. The zero-order valence-corrected chi connectivity index (χ0v) is 11.3. The number of rotatable bonds is 8. The van der Waals surface area contributed by atoms with Gasteiger partial charge >= 0.3 is 0 Å². The molecule has 4 heteroatoms. The third-order valence-electron chi connectivity index (χ3n) is 2.32. The fraction of sp³-hybridized carbons (Fsp3) is 0.571. The summed E-state index contributed by atoms with van der Waals surface area (Å²) in [4.78, 5) is 0. The Labute approximate surface area is 108 Å². The van der Waals surface area contributed by atoms with Gasteiger partial charge in [-0.05, 0) is 31.5 Å². The fourth-order valence-electron chi connectivity index (χ4n) is 1.50. The van der Waals surface area contributed by atoms with Crippen LogP contribution in [0.4, 0.5) is 0 Å². The molecule has 102 valence electrons. The van der Waals surface area contributed by atoms with Crippen LogP contribution in [0.2, 0.25) is 0 Å². The maximum absolute atomic E-state index is 9.96. The van der Waals surface area contributed by atoms with Crippen LogP contribution in [0, 0.1) is 0 Å². The van der Waals surface area contributed by atoms with Crippen molar-refractivity contribution in [3.8, 4) is 5.75 Å². The van der Waals surface area contributed by atoms with Crippen LogP contribution in [-0.4, -0.2) is 38.1 Å². The first kappa shape index (κ1) is 15.0. The molecular formula is C14H22O4. The van der Waals surface area contributed by atoms with Gasteiger partial charge in [0.15, 0.2) is 0 Å². The summed E-state index contributed by atoms with van der Waals surface area (Å²) >= 11 is 0. The van der Waals surface area contributed by atoms with Crippen LogP contribution in [0.25, 0.3) is 0 Å². The second-order valence-electron chi connectivity index (χ2n) is 4.32. The Hall–Kier alpha value is -1.10. The number of aliphatic hydroxyl groups excluding tert-OH is 1. The summed E-state index contributed by atoms with van der Waals surface area (Å²) < 4.78 is 15.7. The lowest BCUT2D eigenvalue weighted by Gasteiger charge is -2.14. The predicted octanol–water partition coefficient (Wildman–Crippen LogP) is 2.17. The van der Waals surface area contributed by atoms with Gasteiger partial charge in [0.2, 0.25) is 0 Å². The summed E-state index contributed by atoms with van der Waals surface area (Å²) in [5.74, 6) is 0.762. The van der Waals surface area contributed by atoms with E-state index in [1.807, 2.05) is 38.1 Å². The standard InChI is InChI=1S/C14H22O4/c1-11(2)18-13-6-4-5-12(9-13)14(15)10-17-8-7-16-3/h4-6,9,11,14-15H,7-8,10H2,1-3H3. The van der Waals surface area contributed by atoms with Crippen LogP contribution in [0.5, 0.6) is 5.75 Å².